The van der Waals surface area contributed by atoms with Crippen molar-refractivity contribution in [2.75, 3.05) is 20.3 Å². The van der Waals surface area contributed by atoms with E-state index in [4.69, 9.17) is 19.3 Å². The predicted octanol–water partition coefficient (Wildman–Crippen LogP) is 11.8. The van der Waals surface area contributed by atoms with Gasteiger partial charge in [-0.2, -0.15) is 0 Å². The molecule has 52 heavy (non-hydrogen) atoms. The summed E-state index contributed by atoms with van der Waals surface area (Å²) in [5, 5.41) is 20.6. The highest BCUT2D eigenvalue weighted by Gasteiger charge is 2.19. The molecule has 5 nitrogen and oxygen atoms in total. The summed E-state index contributed by atoms with van der Waals surface area (Å²) in [7, 11) is 1.65. The third-order valence-corrected chi connectivity index (χ3v) is 8.12. The van der Waals surface area contributed by atoms with Crippen LogP contribution in [0.4, 0.5) is 0 Å². The van der Waals surface area contributed by atoms with Gasteiger partial charge < -0.3 is 24.4 Å². The maximum absolute atomic E-state index is 9.26. The molecule has 0 saturated carbocycles. The lowest BCUT2D eigenvalue weighted by molar-refractivity contribution is 0.0534. The second-order valence-electron chi connectivity index (χ2n) is 12.5. The Bertz CT molecular complexity index is 1720. The molecule has 276 valence electrons. The van der Waals surface area contributed by atoms with Crippen LogP contribution in [-0.4, -0.2) is 36.6 Å². The number of aryl methyl sites for hydroxylation is 2. The van der Waals surface area contributed by atoms with Crippen LogP contribution in [0.25, 0.3) is 10.8 Å². The zero-order valence-electron chi connectivity index (χ0n) is 32.3. The number of aliphatic hydroxyl groups excluding tert-OH is 2. The van der Waals surface area contributed by atoms with Gasteiger partial charge in [0.2, 0.25) is 0 Å². The summed E-state index contributed by atoms with van der Waals surface area (Å²) in [6.45, 7) is 14.5. The van der Waals surface area contributed by atoms with Crippen LogP contribution < -0.4 is 14.2 Å². The first kappa shape index (κ1) is 43.1. The van der Waals surface area contributed by atoms with E-state index in [1.165, 1.54) is 21.9 Å². The molecule has 6 aromatic rings. The number of hydrogen-bond acceptors (Lipinski definition) is 5. The number of aliphatic hydroxyl groups is 2. The maximum atomic E-state index is 9.26. The second kappa shape index (κ2) is 24.2. The monoisotopic (exact) mass is 702 g/mol. The molecule has 0 saturated heterocycles. The van der Waals surface area contributed by atoms with Crippen molar-refractivity contribution in [1.29, 1.82) is 0 Å². The van der Waals surface area contributed by atoms with Crippen LogP contribution in [-0.2, 0) is 5.41 Å². The van der Waals surface area contributed by atoms with E-state index in [-0.39, 0.29) is 18.6 Å². The van der Waals surface area contributed by atoms with Gasteiger partial charge in [-0.05, 0) is 90.0 Å². The summed E-state index contributed by atoms with van der Waals surface area (Å²) >= 11 is 0. The zero-order valence-corrected chi connectivity index (χ0v) is 32.3. The minimum absolute atomic E-state index is 0.119. The second-order valence-corrected chi connectivity index (χ2v) is 12.5. The normalized spacial score (nSPS) is 10.7. The Balaban J connectivity index is 0.000000247. The average molecular weight is 703 g/mol. The standard InChI is InChI=1S/C15H24O3.C13H12O2.C10H8.C7H8.C2H6/c1-5-15(3,4)12-6-7-14(11(2)8-12)18-10-13(17)9-16;1-14-11-7-9-13(10-8-11)15-12-5-3-2-4-6-12;1-2-6-10-8-4-3-7-9(10)5-1;1-7-5-3-2-4-6-7;1-2/h6-8,13,16-17H,5,9-10H2,1-4H3;2-10H,1H3;1-8H;2-6H,1H3;1-2H3. The summed E-state index contributed by atoms with van der Waals surface area (Å²) in [6.07, 6.45) is 0.256. The molecule has 5 heteroatoms. The smallest absolute Gasteiger partial charge is 0.127 e. The van der Waals surface area contributed by atoms with Crippen molar-refractivity contribution < 1.29 is 24.4 Å². The highest BCUT2D eigenvalue weighted by atomic mass is 16.5. The Hall–Kier alpha value is -5.10. The molecule has 0 spiro atoms. The van der Waals surface area contributed by atoms with Gasteiger partial charge in [0.1, 0.15) is 35.7 Å². The van der Waals surface area contributed by atoms with Gasteiger partial charge in [0.15, 0.2) is 0 Å². The highest BCUT2D eigenvalue weighted by molar-refractivity contribution is 5.82. The van der Waals surface area contributed by atoms with Crippen LogP contribution in [0.2, 0.25) is 0 Å². The lowest BCUT2D eigenvalue weighted by atomic mass is 9.81. The molecule has 0 aliphatic rings. The Labute approximate surface area is 312 Å². The lowest BCUT2D eigenvalue weighted by Crippen LogP contribution is -2.21. The Kier molecular flexibility index (Phi) is 20.0. The molecule has 0 aliphatic heterocycles. The molecular weight excluding hydrogens is 645 g/mol. The summed E-state index contributed by atoms with van der Waals surface area (Å²) in [4.78, 5) is 0. The summed E-state index contributed by atoms with van der Waals surface area (Å²) in [5.74, 6) is 3.23. The van der Waals surface area contributed by atoms with Gasteiger partial charge in [0.25, 0.3) is 0 Å². The van der Waals surface area contributed by atoms with Gasteiger partial charge in [-0.3, -0.25) is 0 Å². The molecule has 0 radical (unpaired) electrons. The average Bonchev–Trinajstić information content (AvgIpc) is 3.20. The van der Waals surface area contributed by atoms with E-state index < -0.39 is 6.10 Å². The molecule has 0 amide bonds. The first-order valence-electron chi connectivity index (χ1n) is 18.0. The molecule has 0 aliphatic carbocycles. The number of ether oxygens (including phenoxy) is 3. The van der Waals surface area contributed by atoms with Gasteiger partial charge in [-0.25, -0.2) is 0 Å². The highest BCUT2D eigenvalue weighted by Crippen LogP contribution is 2.30. The SMILES string of the molecule is CC.CCC(C)(C)c1ccc(OCC(O)CO)c(C)c1.COc1ccc(Oc2ccccc2)cc1.Cc1ccccc1.c1ccc2ccccc2c1. The maximum Gasteiger partial charge on any atom is 0.127 e. The van der Waals surface area contributed by atoms with Crippen LogP contribution in [0.3, 0.4) is 0 Å². The van der Waals surface area contributed by atoms with Gasteiger partial charge in [-0.15, -0.1) is 0 Å². The molecular formula is C47H58O5. The molecule has 0 heterocycles. The van der Waals surface area contributed by atoms with E-state index in [1.807, 2.05) is 99.6 Å². The van der Waals surface area contributed by atoms with Crippen molar-refractivity contribution in [1.82, 2.24) is 0 Å². The van der Waals surface area contributed by atoms with Crippen LogP contribution in [0.1, 0.15) is 57.7 Å². The van der Waals surface area contributed by atoms with E-state index in [9.17, 15) is 5.11 Å². The topological polar surface area (TPSA) is 68.2 Å². The summed E-state index contributed by atoms with van der Waals surface area (Å²) in [5.41, 5.74) is 3.83. The molecule has 6 rings (SSSR count). The fourth-order valence-corrected chi connectivity index (χ4v) is 4.61. The van der Waals surface area contributed by atoms with Crippen molar-refractivity contribution in [2.45, 2.75) is 66.4 Å². The molecule has 0 aromatic heterocycles. The summed E-state index contributed by atoms with van der Waals surface area (Å²) < 4.78 is 16.2. The minimum atomic E-state index is -0.823. The fourth-order valence-electron chi connectivity index (χ4n) is 4.61. The largest absolute Gasteiger partial charge is 0.497 e. The lowest BCUT2D eigenvalue weighted by Gasteiger charge is -2.24. The molecule has 1 atom stereocenters. The molecule has 2 N–H and O–H groups in total. The van der Waals surface area contributed by atoms with E-state index in [1.54, 1.807) is 7.11 Å². The van der Waals surface area contributed by atoms with Crippen LogP contribution in [0, 0.1) is 13.8 Å². The number of methoxy groups -OCH3 is 1. The van der Waals surface area contributed by atoms with Crippen molar-refractivity contribution in [3.8, 4) is 23.0 Å². The van der Waals surface area contributed by atoms with Crippen molar-refractivity contribution >= 4 is 10.8 Å². The van der Waals surface area contributed by atoms with Gasteiger partial charge in [-0.1, -0.05) is 149 Å². The molecule has 0 fully saturated rings. The van der Waals surface area contributed by atoms with E-state index in [2.05, 4.69) is 100 Å². The van der Waals surface area contributed by atoms with E-state index >= 15 is 0 Å². The third-order valence-electron chi connectivity index (χ3n) is 8.12. The fraction of sp³-hybridized carbons (Fsp3) is 0.277. The van der Waals surface area contributed by atoms with E-state index in [0.717, 1.165) is 35.0 Å². The Morgan fingerprint density at radius 1 is 0.615 bits per heavy atom. The Morgan fingerprint density at radius 2 is 1.08 bits per heavy atom. The first-order chi connectivity index (χ1) is 25.1. The first-order valence-corrected chi connectivity index (χ1v) is 18.0. The Morgan fingerprint density at radius 3 is 1.50 bits per heavy atom. The number of hydrogen-bond donors (Lipinski definition) is 2. The number of benzene rings is 6. The third kappa shape index (κ3) is 15.8. The van der Waals surface area contributed by atoms with Crippen molar-refractivity contribution in [3.63, 3.8) is 0 Å². The quantitative estimate of drug-likeness (QED) is 0.157. The van der Waals surface area contributed by atoms with Gasteiger partial charge in [0.05, 0.1) is 13.7 Å². The van der Waals surface area contributed by atoms with Crippen molar-refractivity contribution in [3.05, 3.63) is 168 Å². The van der Waals surface area contributed by atoms with E-state index in [0.29, 0.717) is 0 Å². The van der Waals surface area contributed by atoms with Gasteiger partial charge >= 0.3 is 0 Å². The zero-order chi connectivity index (χ0) is 38.2. The predicted molar refractivity (Wildman–Crippen MR) is 219 cm³/mol. The van der Waals surface area contributed by atoms with Crippen molar-refractivity contribution in [2.24, 2.45) is 0 Å². The minimum Gasteiger partial charge on any atom is -0.497 e. The summed E-state index contributed by atoms with van der Waals surface area (Å²) in [6, 6.07) is 50.3. The number of fused-ring (bicyclic) bond motifs is 1. The van der Waals surface area contributed by atoms with Gasteiger partial charge in [0, 0.05) is 0 Å². The number of rotatable bonds is 9. The molecule has 6 aromatic carbocycles. The van der Waals surface area contributed by atoms with Crippen LogP contribution >= 0.6 is 0 Å². The molecule has 1 unspecified atom stereocenters. The number of para-hydroxylation sites is 1. The van der Waals surface area contributed by atoms with Crippen LogP contribution in [0.5, 0.6) is 23.0 Å². The van der Waals surface area contributed by atoms with Crippen LogP contribution in [0.15, 0.2) is 152 Å². The molecule has 0 bridgehead atoms.